The molecule has 0 bridgehead atoms. The van der Waals surface area contributed by atoms with Gasteiger partial charge in [-0.3, -0.25) is 14.5 Å². The van der Waals surface area contributed by atoms with Crippen LogP contribution in [0.5, 0.6) is 5.75 Å². The third kappa shape index (κ3) is 4.26. The van der Waals surface area contributed by atoms with Crippen LogP contribution in [0, 0.1) is 0 Å². The first-order chi connectivity index (χ1) is 11.6. The first kappa shape index (κ1) is 18.3. The summed E-state index contributed by atoms with van der Waals surface area (Å²) in [5, 5.41) is 2.90. The average Bonchev–Trinajstić information content (AvgIpc) is 2.61. The molecular weight excluding hydrogens is 306 g/mol. The maximum atomic E-state index is 12.5. The summed E-state index contributed by atoms with van der Waals surface area (Å²) in [4.78, 5) is 28.6. The molecule has 1 unspecified atom stereocenters. The Hall–Kier alpha value is -2.08. The number of nitrogens with one attached hydrogen (secondary N) is 1. The molecule has 24 heavy (non-hydrogen) atoms. The fourth-order valence-corrected chi connectivity index (χ4v) is 2.79. The first-order valence-corrected chi connectivity index (χ1v) is 8.66. The minimum Gasteiger partial charge on any atom is -0.478 e. The molecule has 1 heterocycles. The number of carbonyl (C=O) groups excluding carboxylic acids is 2. The summed E-state index contributed by atoms with van der Waals surface area (Å²) >= 11 is 0. The van der Waals surface area contributed by atoms with Crippen LogP contribution in [0.4, 0.5) is 5.69 Å². The lowest BCUT2D eigenvalue weighted by molar-refractivity contribution is -0.129. The summed E-state index contributed by atoms with van der Waals surface area (Å²) < 4.78 is 5.72. The molecule has 2 rings (SSSR count). The van der Waals surface area contributed by atoms with Crippen molar-refractivity contribution in [2.45, 2.75) is 33.3 Å². The minimum atomic E-state index is -0.525. The Labute approximate surface area is 143 Å². The van der Waals surface area contributed by atoms with E-state index in [2.05, 4.69) is 24.1 Å². The number of nitrogens with zero attached hydrogens (tertiary/aromatic N) is 2. The van der Waals surface area contributed by atoms with Gasteiger partial charge in [0.15, 0.2) is 6.10 Å². The number of likely N-dealkylation sites (N-methyl/N-ethyl adjacent to an activating group) is 1. The van der Waals surface area contributed by atoms with Gasteiger partial charge in [-0.05, 0) is 31.6 Å². The van der Waals surface area contributed by atoms with Gasteiger partial charge in [0.05, 0.1) is 5.69 Å². The lowest BCUT2D eigenvalue weighted by Gasteiger charge is -2.33. The number of para-hydroxylation sites is 2. The smallest absolute Gasteiger partial charge is 0.268 e. The van der Waals surface area contributed by atoms with E-state index >= 15 is 0 Å². The molecule has 0 spiro atoms. The summed E-state index contributed by atoms with van der Waals surface area (Å²) in [6.45, 7) is 9.42. The number of amides is 2. The maximum absolute atomic E-state index is 12.5. The van der Waals surface area contributed by atoms with E-state index in [4.69, 9.17) is 4.74 Å². The van der Waals surface area contributed by atoms with Gasteiger partial charge in [0.2, 0.25) is 5.91 Å². The molecule has 1 aliphatic heterocycles. The molecule has 0 radical (unpaired) electrons. The van der Waals surface area contributed by atoms with Crippen LogP contribution < -0.4 is 15.0 Å². The number of hydrogen-bond donors (Lipinski definition) is 1. The second kappa shape index (κ2) is 8.68. The quantitative estimate of drug-likeness (QED) is 0.786. The number of hydrogen-bond acceptors (Lipinski definition) is 4. The molecule has 0 fully saturated rings. The molecule has 1 aromatic carbocycles. The summed E-state index contributed by atoms with van der Waals surface area (Å²) in [7, 11) is 0. The molecule has 1 N–H and O–H groups in total. The summed E-state index contributed by atoms with van der Waals surface area (Å²) in [6, 6.07) is 7.34. The standard InChI is InChI=1S/C18H27N3O3/c1-4-15-18(23)21(14-9-7-8-10-16(14)24-15)13-17(22)19-11-12-20(5-2)6-3/h7-10,15H,4-6,11-13H2,1-3H3,(H,19,22). The van der Waals surface area contributed by atoms with E-state index in [0.29, 0.717) is 24.4 Å². The molecule has 0 saturated carbocycles. The number of rotatable bonds is 8. The number of carbonyl (C=O) groups is 2. The van der Waals surface area contributed by atoms with Crippen LogP contribution in [0.25, 0.3) is 0 Å². The van der Waals surface area contributed by atoms with E-state index < -0.39 is 6.10 Å². The summed E-state index contributed by atoms with van der Waals surface area (Å²) in [5.41, 5.74) is 0.658. The van der Waals surface area contributed by atoms with Crippen LogP contribution in [0.3, 0.4) is 0 Å². The van der Waals surface area contributed by atoms with Crippen LogP contribution in [0.15, 0.2) is 24.3 Å². The van der Waals surface area contributed by atoms with Crippen LogP contribution in [-0.4, -0.2) is 55.5 Å². The van der Waals surface area contributed by atoms with E-state index in [9.17, 15) is 9.59 Å². The van der Waals surface area contributed by atoms with Crippen molar-refractivity contribution in [3.8, 4) is 5.75 Å². The zero-order valence-electron chi connectivity index (χ0n) is 14.7. The molecule has 2 amide bonds. The van der Waals surface area contributed by atoms with Crippen LogP contribution in [0.2, 0.25) is 0 Å². The van der Waals surface area contributed by atoms with Gasteiger partial charge in [-0.2, -0.15) is 0 Å². The van der Waals surface area contributed by atoms with Gasteiger partial charge in [0, 0.05) is 13.1 Å². The van der Waals surface area contributed by atoms with Gasteiger partial charge in [-0.15, -0.1) is 0 Å². The van der Waals surface area contributed by atoms with Gasteiger partial charge in [-0.25, -0.2) is 0 Å². The van der Waals surface area contributed by atoms with E-state index in [-0.39, 0.29) is 18.4 Å². The Balaban J connectivity index is 1.99. The Bertz CT molecular complexity index is 572. The van der Waals surface area contributed by atoms with E-state index in [1.165, 1.54) is 4.90 Å². The summed E-state index contributed by atoms with van der Waals surface area (Å²) in [6.07, 6.45) is 0.0520. The Morgan fingerprint density at radius 1 is 1.25 bits per heavy atom. The number of fused-ring (bicyclic) bond motifs is 1. The molecule has 0 aromatic heterocycles. The van der Waals surface area contributed by atoms with Crippen molar-refractivity contribution in [1.29, 1.82) is 0 Å². The monoisotopic (exact) mass is 333 g/mol. The van der Waals surface area contributed by atoms with Gasteiger partial charge >= 0.3 is 0 Å². The van der Waals surface area contributed by atoms with Crippen LogP contribution >= 0.6 is 0 Å². The van der Waals surface area contributed by atoms with Crippen molar-refractivity contribution >= 4 is 17.5 Å². The first-order valence-electron chi connectivity index (χ1n) is 8.66. The highest BCUT2D eigenvalue weighted by Crippen LogP contribution is 2.34. The molecule has 0 aliphatic carbocycles. The second-order valence-corrected chi connectivity index (χ2v) is 5.78. The highest BCUT2D eigenvalue weighted by Gasteiger charge is 2.34. The van der Waals surface area contributed by atoms with Gasteiger partial charge in [0.1, 0.15) is 12.3 Å². The lowest BCUT2D eigenvalue weighted by Crippen LogP contribution is -2.50. The SMILES string of the molecule is CCC1Oc2ccccc2N(CC(=O)NCCN(CC)CC)C1=O. The van der Waals surface area contributed by atoms with E-state index in [0.717, 1.165) is 19.6 Å². The van der Waals surface area contributed by atoms with Crippen LogP contribution in [0.1, 0.15) is 27.2 Å². The topological polar surface area (TPSA) is 61.9 Å². The van der Waals surface area contributed by atoms with Crippen molar-refractivity contribution < 1.29 is 14.3 Å². The zero-order valence-corrected chi connectivity index (χ0v) is 14.7. The fraction of sp³-hybridized carbons (Fsp3) is 0.556. The highest BCUT2D eigenvalue weighted by molar-refractivity contribution is 6.03. The van der Waals surface area contributed by atoms with Crippen molar-refractivity contribution in [1.82, 2.24) is 10.2 Å². The zero-order chi connectivity index (χ0) is 17.5. The fourth-order valence-electron chi connectivity index (χ4n) is 2.79. The van der Waals surface area contributed by atoms with E-state index in [1.807, 2.05) is 31.2 Å². The highest BCUT2D eigenvalue weighted by atomic mass is 16.5. The third-order valence-electron chi connectivity index (χ3n) is 4.28. The molecule has 1 aromatic rings. The van der Waals surface area contributed by atoms with Gasteiger partial charge in [-0.1, -0.05) is 32.9 Å². The number of ether oxygens (including phenoxy) is 1. The Kier molecular flexibility index (Phi) is 6.61. The van der Waals surface area contributed by atoms with Gasteiger partial charge < -0.3 is 15.0 Å². The van der Waals surface area contributed by atoms with Crippen molar-refractivity contribution in [2.24, 2.45) is 0 Å². The van der Waals surface area contributed by atoms with Crippen molar-refractivity contribution in [3.63, 3.8) is 0 Å². The van der Waals surface area contributed by atoms with E-state index in [1.54, 1.807) is 0 Å². The third-order valence-corrected chi connectivity index (χ3v) is 4.28. The molecule has 132 valence electrons. The molecule has 1 aliphatic rings. The van der Waals surface area contributed by atoms with Crippen LogP contribution in [-0.2, 0) is 9.59 Å². The number of benzene rings is 1. The lowest BCUT2D eigenvalue weighted by atomic mass is 10.1. The largest absolute Gasteiger partial charge is 0.478 e. The predicted octanol–water partition coefficient (Wildman–Crippen LogP) is 1.65. The van der Waals surface area contributed by atoms with Crippen molar-refractivity contribution in [3.05, 3.63) is 24.3 Å². The Morgan fingerprint density at radius 2 is 1.96 bits per heavy atom. The second-order valence-electron chi connectivity index (χ2n) is 5.78. The minimum absolute atomic E-state index is 0.0218. The van der Waals surface area contributed by atoms with Gasteiger partial charge in [0.25, 0.3) is 5.91 Å². The maximum Gasteiger partial charge on any atom is 0.268 e. The molecule has 1 atom stereocenters. The Morgan fingerprint density at radius 3 is 2.62 bits per heavy atom. The van der Waals surface area contributed by atoms with Crippen molar-refractivity contribution in [2.75, 3.05) is 37.6 Å². The summed E-state index contributed by atoms with van der Waals surface area (Å²) in [5.74, 6) is 0.344. The molecule has 0 saturated heterocycles. The predicted molar refractivity (Wildman–Crippen MR) is 94.3 cm³/mol. The average molecular weight is 333 g/mol. The number of anilines is 1. The normalized spacial score (nSPS) is 16.8. The molecule has 6 nitrogen and oxygen atoms in total. The molecule has 6 heteroatoms. The molecular formula is C18H27N3O3.